The summed E-state index contributed by atoms with van der Waals surface area (Å²) < 4.78 is 6.82. The van der Waals surface area contributed by atoms with Gasteiger partial charge in [-0.15, -0.1) is 0 Å². The van der Waals surface area contributed by atoms with E-state index in [1.165, 1.54) is 4.52 Å². The summed E-state index contributed by atoms with van der Waals surface area (Å²) in [5.74, 6) is 0.708. The van der Waals surface area contributed by atoms with Crippen LogP contribution in [0, 0.1) is 0 Å². The van der Waals surface area contributed by atoms with Crippen LogP contribution in [0.25, 0.3) is 17.1 Å². The van der Waals surface area contributed by atoms with Gasteiger partial charge in [0.2, 0.25) is 0 Å². The van der Waals surface area contributed by atoms with Crippen LogP contribution in [0.15, 0.2) is 33.7 Å². The molecule has 0 saturated carbocycles. The molecule has 0 saturated heterocycles. The fraction of sp³-hybridized carbons (Fsp3) is 0.231. The summed E-state index contributed by atoms with van der Waals surface area (Å²) in [5, 5.41) is 3.04. The number of hydrogen-bond donors (Lipinski definition) is 1. The van der Waals surface area contributed by atoms with E-state index in [0.29, 0.717) is 11.4 Å². The number of fused-ring (bicyclic) bond motifs is 2. The molecule has 5 heteroatoms. The maximum Gasteiger partial charge on any atom is 0.276 e. The summed E-state index contributed by atoms with van der Waals surface area (Å²) in [5.41, 5.74) is 3.25. The molecule has 0 aliphatic heterocycles. The molecule has 5 nitrogen and oxygen atoms in total. The third-order valence-electron chi connectivity index (χ3n) is 3.42. The lowest BCUT2D eigenvalue weighted by molar-refractivity contribution is 0.579. The first kappa shape index (κ1) is 9.70. The molecule has 4 rings (SSSR count). The van der Waals surface area contributed by atoms with Gasteiger partial charge < -0.3 is 4.42 Å². The van der Waals surface area contributed by atoms with Crippen LogP contribution in [-0.4, -0.2) is 14.6 Å². The fourth-order valence-electron chi connectivity index (χ4n) is 2.55. The van der Waals surface area contributed by atoms with Gasteiger partial charge in [-0.05, 0) is 31.4 Å². The lowest BCUT2D eigenvalue weighted by atomic mass is 10.2. The van der Waals surface area contributed by atoms with Gasteiger partial charge >= 0.3 is 0 Å². The normalized spacial score (nSPS) is 14.2. The maximum atomic E-state index is 12.3. The van der Waals surface area contributed by atoms with E-state index in [1.54, 1.807) is 6.26 Å². The van der Waals surface area contributed by atoms with Crippen LogP contribution in [0.3, 0.4) is 0 Å². The van der Waals surface area contributed by atoms with Crippen molar-refractivity contribution in [2.75, 3.05) is 0 Å². The average Bonchev–Trinajstić information content (AvgIpc) is 3.08. The first-order chi connectivity index (χ1) is 8.83. The van der Waals surface area contributed by atoms with E-state index in [-0.39, 0.29) is 5.56 Å². The van der Waals surface area contributed by atoms with Crippen molar-refractivity contribution in [1.29, 1.82) is 0 Å². The zero-order chi connectivity index (χ0) is 12.1. The van der Waals surface area contributed by atoms with Gasteiger partial charge in [0.25, 0.3) is 5.56 Å². The highest BCUT2D eigenvalue weighted by Gasteiger charge is 2.19. The minimum atomic E-state index is 0.0188. The predicted octanol–water partition coefficient (Wildman–Crippen LogP) is 1.77. The molecule has 1 N–H and O–H groups in total. The lowest BCUT2D eigenvalue weighted by Gasteiger charge is -1.98. The van der Waals surface area contributed by atoms with Crippen LogP contribution in [0.4, 0.5) is 0 Å². The van der Waals surface area contributed by atoms with Crippen LogP contribution in [-0.2, 0) is 12.8 Å². The van der Waals surface area contributed by atoms with Crippen LogP contribution in [0.5, 0.6) is 0 Å². The summed E-state index contributed by atoms with van der Waals surface area (Å²) in [6.07, 6.45) is 4.37. The summed E-state index contributed by atoms with van der Waals surface area (Å²) in [4.78, 5) is 16.8. The van der Waals surface area contributed by atoms with Crippen molar-refractivity contribution in [1.82, 2.24) is 14.6 Å². The monoisotopic (exact) mass is 241 g/mol. The highest BCUT2D eigenvalue weighted by Crippen LogP contribution is 2.21. The van der Waals surface area contributed by atoms with Gasteiger partial charge in [-0.3, -0.25) is 9.89 Å². The second-order valence-electron chi connectivity index (χ2n) is 4.54. The largest absolute Gasteiger partial charge is 0.463 e. The van der Waals surface area contributed by atoms with Crippen molar-refractivity contribution in [2.24, 2.45) is 0 Å². The number of aromatic amines is 1. The van der Waals surface area contributed by atoms with Crippen molar-refractivity contribution >= 4 is 5.65 Å². The predicted molar refractivity (Wildman–Crippen MR) is 65.5 cm³/mol. The van der Waals surface area contributed by atoms with E-state index in [9.17, 15) is 4.79 Å². The molecule has 0 bridgehead atoms. The molecular weight excluding hydrogens is 230 g/mol. The number of hydrogen-bond acceptors (Lipinski definition) is 3. The number of aromatic nitrogens is 3. The maximum absolute atomic E-state index is 12.3. The molecule has 0 aromatic carbocycles. The third kappa shape index (κ3) is 1.21. The number of furan rings is 1. The molecule has 1 aliphatic carbocycles. The van der Waals surface area contributed by atoms with Gasteiger partial charge in [-0.25, -0.2) is 9.50 Å². The van der Waals surface area contributed by atoms with Gasteiger partial charge in [0.1, 0.15) is 5.69 Å². The zero-order valence-electron chi connectivity index (χ0n) is 9.64. The number of rotatable bonds is 1. The fourth-order valence-corrected chi connectivity index (χ4v) is 2.55. The van der Waals surface area contributed by atoms with Crippen molar-refractivity contribution in [3.63, 3.8) is 0 Å². The molecule has 0 atom stereocenters. The van der Waals surface area contributed by atoms with Crippen LogP contribution < -0.4 is 5.56 Å². The second kappa shape index (κ2) is 3.35. The summed E-state index contributed by atoms with van der Waals surface area (Å²) in [6.45, 7) is 0. The molecular formula is C13H11N3O2. The average molecular weight is 241 g/mol. The van der Waals surface area contributed by atoms with E-state index in [1.807, 2.05) is 18.2 Å². The zero-order valence-corrected chi connectivity index (χ0v) is 9.64. The van der Waals surface area contributed by atoms with Crippen LogP contribution in [0.2, 0.25) is 0 Å². The third-order valence-corrected chi connectivity index (χ3v) is 3.42. The minimum absolute atomic E-state index is 0.0188. The second-order valence-corrected chi connectivity index (χ2v) is 4.54. The summed E-state index contributed by atoms with van der Waals surface area (Å²) >= 11 is 0. The van der Waals surface area contributed by atoms with E-state index in [2.05, 4.69) is 10.1 Å². The Hall–Kier alpha value is -2.30. The number of H-pyrrole nitrogens is 1. The van der Waals surface area contributed by atoms with Gasteiger partial charge in [0, 0.05) is 11.6 Å². The number of nitrogens with zero attached hydrogens (tertiary/aromatic N) is 2. The molecule has 3 heterocycles. The quantitative estimate of drug-likeness (QED) is 0.706. The van der Waals surface area contributed by atoms with Crippen LogP contribution in [0.1, 0.15) is 17.7 Å². The topological polar surface area (TPSA) is 63.3 Å². The Labute approximate surface area is 102 Å². The molecule has 0 fully saturated rings. The van der Waals surface area contributed by atoms with Gasteiger partial charge in [-0.1, -0.05) is 0 Å². The molecule has 18 heavy (non-hydrogen) atoms. The first-order valence-corrected chi connectivity index (χ1v) is 6.00. The summed E-state index contributed by atoms with van der Waals surface area (Å²) in [6, 6.07) is 5.51. The Morgan fingerprint density at radius 3 is 3.17 bits per heavy atom. The van der Waals surface area contributed by atoms with Crippen LogP contribution >= 0.6 is 0 Å². The smallest absolute Gasteiger partial charge is 0.276 e. The van der Waals surface area contributed by atoms with E-state index in [0.717, 1.165) is 36.2 Å². The Kier molecular flexibility index (Phi) is 1.81. The molecule has 0 spiro atoms. The van der Waals surface area contributed by atoms with Gasteiger partial charge in [0.15, 0.2) is 11.4 Å². The lowest BCUT2D eigenvalue weighted by Crippen LogP contribution is -2.19. The van der Waals surface area contributed by atoms with Crippen molar-refractivity contribution in [3.05, 3.63) is 46.1 Å². The molecule has 0 unspecified atom stereocenters. The Morgan fingerprint density at radius 1 is 1.39 bits per heavy atom. The molecule has 1 aliphatic rings. The number of nitrogens with one attached hydrogen (secondary N) is 1. The van der Waals surface area contributed by atoms with E-state index < -0.39 is 0 Å². The van der Waals surface area contributed by atoms with Crippen molar-refractivity contribution in [3.8, 4) is 11.5 Å². The highest BCUT2D eigenvalue weighted by molar-refractivity contribution is 5.59. The first-order valence-electron chi connectivity index (χ1n) is 6.00. The molecule has 3 aromatic rings. The molecule has 90 valence electrons. The standard InChI is InChI=1S/C13H11N3O2/c17-13-8-3-1-4-9(8)14-12-7-10(15-16(12)13)11-5-2-6-18-11/h2,5-7,15H,1,3-4H2. The highest BCUT2D eigenvalue weighted by atomic mass is 16.3. The van der Waals surface area contributed by atoms with Crippen molar-refractivity contribution < 1.29 is 4.42 Å². The van der Waals surface area contributed by atoms with E-state index in [4.69, 9.17) is 4.42 Å². The molecule has 0 radical (unpaired) electrons. The van der Waals surface area contributed by atoms with Crippen molar-refractivity contribution in [2.45, 2.75) is 19.3 Å². The number of aryl methyl sites for hydroxylation is 1. The van der Waals surface area contributed by atoms with Gasteiger partial charge in [0.05, 0.1) is 12.0 Å². The Bertz CT molecular complexity index is 781. The van der Waals surface area contributed by atoms with Gasteiger partial charge in [-0.2, -0.15) is 0 Å². The minimum Gasteiger partial charge on any atom is -0.463 e. The Balaban J connectivity index is 2.02. The van der Waals surface area contributed by atoms with E-state index >= 15 is 0 Å². The molecule has 3 aromatic heterocycles. The summed E-state index contributed by atoms with van der Waals surface area (Å²) in [7, 11) is 0. The SMILES string of the molecule is O=c1c2c(nc3cc(-c4ccco4)[nH]n13)CCC2. The Morgan fingerprint density at radius 2 is 2.33 bits per heavy atom. The molecule has 0 amide bonds.